The van der Waals surface area contributed by atoms with E-state index in [2.05, 4.69) is 5.16 Å². The molecule has 1 fully saturated rings. The van der Waals surface area contributed by atoms with Crippen molar-refractivity contribution in [3.05, 3.63) is 0 Å². The summed E-state index contributed by atoms with van der Waals surface area (Å²) in [6.45, 7) is 4.94. The van der Waals surface area contributed by atoms with Crippen LogP contribution in [0.5, 0.6) is 0 Å². The fourth-order valence-electron chi connectivity index (χ4n) is 1.82. The SMILES string of the molecule is C/C(=N\OC(C)(C)C(=O)O)C1CCCCC1. The first-order chi connectivity index (χ1) is 7.43. The Hall–Kier alpha value is -1.06. The molecule has 0 bridgehead atoms. The Bertz CT molecular complexity index is 278. The number of carboxylic acid groups (broad SMARTS) is 1. The minimum absolute atomic E-state index is 0.471. The molecule has 0 saturated heterocycles. The van der Waals surface area contributed by atoms with E-state index < -0.39 is 11.6 Å². The Kier molecular flexibility index (Phi) is 4.33. The number of nitrogens with zero attached hydrogens (tertiary/aromatic N) is 1. The van der Waals surface area contributed by atoms with Crippen LogP contribution in [-0.2, 0) is 9.63 Å². The van der Waals surface area contributed by atoms with E-state index in [4.69, 9.17) is 9.94 Å². The zero-order valence-corrected chi connectivity index (χ0v) is 10.3. The molecule has 0 radical (unpaired) electrons. The molecular weight excluding hydrogens is 206 g/mol. The molecule has 4 heteroatoms. The van der Waals surface area contributed by atoms with E-state index in [0.717, 1.165) is 18.6 Å². The maximum Gasteiger partial charge on any atom is 0.350 e. The highest BCUT2D eigenvalue weighted by Crippen LogP contribution is 2.25. The summed E-state index contributed by atoms with van der Waals surface area (Å²) in [5, 5.41) is 12.8. The molecule has 16 heavy (non-hydrogen) atoms. The van der Waals surface area contributed by atoms with Crippen LogP contribution < -0.4 is 0 Å². The van der Waals surface area contributed by atoms with E-state index in [-0.39, 0.29) is 0 Å². The number of carboxylic acids is 1. The van der Waals surface area contributed by atoms with Crippen molar-refractivity contribution in [1.29, 1.82) is 0 Å². The summed E-state index contributed by atoms with van der Waals surface area (Å²) in [5.41, 5.74) is -0.315. The van der Waals surface area contributed by atoms with Gasteiger partial charge in [-0.25, -0.2) is 4.79 Å². The molecule has 0 amide bonds. The van der Waals surface area contributed by atoms with Crippen LogP contribution in [0.1, 0.15) is 52.9 Å². The van der Waals surface area contributed by atoms with Crippen LogP contribution in [0.4, 0.5) is 0 Å². The largest absolute Gasteiger partial charge is 0.478 e. The molecule has 0 unspecified atom stereocenters. The number of rotatable bonds is 4. The summed E-state index contributed by atoms with van der Waals surface area (Å²) in [5.74, 6) is -0.522. The first-order valence-electron chi connectivity index (χ1n) is 5.89. The molecule has 0 spiro atoms. The van der Waals surface area contributed by atoms with E-state index in [9.17, 15) is 4.79 Å². The van der Waals surface area contributed by atoms with Gasteiger partial charge in [0, 0.05) is 5.92 Å². The predicted octanol–water partition coefficient (Wildman–Crippen LogP) is 2.82. The molecule has 92 valence electrons. The second-order valence-corrected chi connectivity index (χ2v) is 4.97. The minimum Gasteiger partial charge on any atom is -0.478 e. The van der Waals surface area contributed by atoms with Crippen molar-refractivity contribution >= 4 is 11.7 Å². The van der Waals surface area contributed by atoms with Gasteiger partial charge in [-0.1, -0.05) is 24.4 Å². The monoisotopic (exact) mass is 227 g/mol. The molecule has 1 aliphatic rings. The Morgan fingerprint density at radius 1 is 1.31 bits per heavy atom. The molecule has 0 aromatic heterocycles. The Balaban J connectivity index is 2.52. The van der Waals surface area contributed by atoms with Gasteiger partial charge < -0.3 is 9.94 Å². The zero-order chi connectivity index (χ0) is 12.2. The average Bonchev–Trinajstić information content (AvgIpc) is 2.27. The van der Waals surface area contributed by atoms with E-state index in [0.29, 0.717) is 5.92 Å². The molecule has 4 nitrogen and oxygen atoms in total. The van der Waals surface area contributed by atoms with Gasteiger partial charge in [0.1, 0.15) is 0 Å². The van der Waals surface area contributed by atoms with Crippen molar-refractivity contribution < 1.29 is 14.7 Å². The second-order valence-electron chi connectivity index (χ2n) is 4.97. The van der Waals surface area contributed by atoms with E-state index in [1.807, 2.05) is 6.92 Å². The molecule has 0 heterocycles. The van der Waals surface area contributed by atoms with Gasteiger partial charge in [-0.05, 0) is 33.6 Å². The summed E-state index contributed by atoms with van der Waals surface area (Å²) in [6.07, 6.45) is 6.06. The minimum atomic E-state index is -1.24. The molecule has 1 aliphatic carbocycles. The van der Waals surface area contributed by atoms with Crippen molar-refractivity contribution in [3.8, 4) is 0 Å². The molecular formula is C12H21NO3. The first kappa shape index (κ1) is 13.0. The van der Waals surface area contributed by atoms with Gasteiger partial charge in [-0.2, -0.15) is 0 Å². The van der Waals surface area contributed by atoms with Gasteiger partial charge in [-0.3, -0.25) is 0 Å². The van der Waals surface area contributed by atoms with Crippen LogP contribution in [0.3, 0.4) is 0 Å². The van der Waals surface area contributed by atoms with Crippen LogP contribution in [0, 0.1) is 5.92 Å². The van der Waals surface area contributed by atoms with E-state index >= 15 is 0 Å². The molecule has 1 saturated carbocycles. The Labute approximate surface area is 96.7 Å². The van der Waals surface area contributed by atoms with Crippen molar-refractivity contribution in [2.75, 3.05) is 0 Å². The fraction of sp³-hybridized carbons (Fsp3) is 0.833. The topological polar surface area (TPSA) is 58.9 Å². The highest BCUT2D eigenvalue weighted by molar-refractivity contribution is 5.84. The third-order valence-electron chi connectivity index (χ3n) is 3.13. The highest BCUT2D eigenvalue weighted by Gasteiger charge is 2.30. The second kappa shape index (κ2) is 5.32. The lowest BCUT2D eigenvalue weighted by atomic mass is 9.86. The van der Waals surface area contributed by atoms with Crippen LogP contribution in [0.15, 0.2) is 5.16 Å². The first-order valence-corrected chi connectivity index (χ1v) is 5.89. The Morgan fingerprint density at radius 3 is 2.38 bits per heavy atom. The maximum absolute atomic E-state index is 10.8. The van der Waals surface area contributed by atoms with Gasteiger partial charge in [0.2, 0.25) is 5.60 Å². The third-order valence-corrected chi connectivity index (χ3v) is 3.13. The normalized spacial score (nSPS) is 19.6. The summed E-state index contributed by atoms with van der Waals surface area (Å²) in [7, 11) is 0. The standard InChI is InChI=1S/C12H21NO3/c1-9(10-7-5-4-6-8-10)13-16-12(2,3)11(14)15/h10H,4-8H2,1-3H3,(H,14,15)/b13-9+. The molecule has 1 N–H and O–H groups in total. The highest BCUT2D eigenvalue weighted by atomic mass is 16.7. The van der Waals surface area contributed by atoms with Crippen molar-refractivity contribution in [3.63, 3.8) is 0 Å². The van der Waals surface area contributed by atoms with Crippen LogP contribution in [0.25, 0.3) is 0 Å². The van der Waals surface area contributed by atoms with Gasteiger partial charge in [0.05, 0.1) is 5.71 Å². The van der Waals surface area contributed by atoms with E-state index in [1.54, 1.807) is 0 Å². The summed E-state index contributed by atoms with van der Waals surface area (Å²) in [4.78, 5) is 15.9. The lowest BCUT2D eigenvalue weighted by Gasteiger charge is -2.22. The molecule has 0 atom stereocenters. The number of oxime groups is 1. The molecule has 1 rings (SSSR count). The summed E-state index contributed by atoms with van der Waals surface area (Å²) >= 11 is 0. The smallest absolute Gasteiger partial charge is 0.350 e. The van der Waals surface area contributed by atoms with Crippen molar-refractivity contribution in [2.24, 2.45) is 11.1 Å². The van der Waals surface area contributed by atoms with E-state index in [1.165, 1.54) is 33.1 Å². The van der Waals surface area contributed by atoms with Gasteiger partial charge in [-0.15, -0.1) is 0 Å². The lowest BCUT2D eigenvalue weighted by molar-refractivity contribution is -0.161. The quantitative estimate of drug-likeness (QED) is 0.593. The number of hydrogen-bond donors (Lipinski definition) is 1. The zero-order valence-electron chi connectivity index (χ0n) is 10.3. The predicted molar refractivity (Wildman–Crippen MR) is 62.5 cm³/mol. The maximum atomic E-state index is 10.8. The van der Waals surface area contributed by atoms with Crippen molar-refractivity contribution in [1.82, 2.24) is 0 Å². The molecule has 0 aromatic rings. The molecule has 0 aliphatic heterocycles. The fourth-order valence-corrected chi connectivity index (χ4v) is 1.82. The third kappa shape index (κ3) is 3.51. The van der Waals surface area contributed by atoms with Gasteiger partial charge in [0.25, 0.3) is 0 Å². The van der Waals surface area contributed by atoms with Crippen LogP contribution in [-0.4, -0.2) is 22.4 Å². The molecule has 0 aromatic carbocycles. The Morgan fingerprint density at radius 2 is 1.88 bits per heavy atom. The number of aliphatic carboxylic acids is 1. The lowest BCUT2D eigenvalue weighted by Crippen LogP contribution is -2.33. The summed E-state index contributed by atoms with van der Waals surface area (Å²) < 4.78 is 0. The average molecular weight is 227 g/mol. The van der Waals surface area contributed by atoms with Gasteiger partial charge >= 0.3 is 5.97 Å². The summed E-state index contributed by atoms with van der Waals surface area (Å²) in [6, 6.07) is 0. The van der Waals surface area contributed by atoms with Gasteiger partial charge in [0.15, 0.2) is 0 Å². The number of hydrogen-bond acceptors (Lipinski definition) is 3. The number of carbonyl (C=O) groups is 1. The van der Waals surface area contributed by atoms with Crippen molar-refractivity contribution in [2.45, 2.75) is 58.5 Å². The van der Waals surface area contributed by atoms with Crippen LogP contribution >= 0.6 is 0 Å². The van der Waals surface area contributed by atoms with Crippen LogP contribution in [0.2, 0.25) is 0 Å².